The minimum atomic E-state index is -1.48. The largest absolute Gasteiger partial charge is 0.247 e. The van der Waals surface area contributed by atoms with Crippen molar-refractivity contribution in [3.8, 4) is 44.9 Å². The molecule has 0 N–H and O–H groups in total. The van der Waals surface area contributed by atoms with E-state index < -0.39 is 17.5 Å². The highest BCUT2D eigenvalue weighted by Crippen LogP contribution is 2.41. The number of pyridine rings is 1. The van der Waals surface area contributed by atoms with Gasteiger partial charge in [-0.1, -0.05) is 103 Å². The maximum Gasteiger partial charge on any atom is 0.194 e. The van der Waals surface area contributed by atoms with Gasteiger partial charge in [-0.05, 0) is 47.9 Å². The topological polar surface area (TPSA) is 38.7 Å². The summed E-state index contributed by atoms with van der Waals surface area (Å²) in [6.07, 6.45) is 0. The minimum absolute atomic E-state index is 0.249. The molecule has 0 amide bonds. The van der Waals surface area contributed by atoms with Gasteiger partial charge >= 0.3 is 0 Å². The highest BCUT2D eigenvalue weighted by molar-refractivity contribution is 6.22. The Balaban J connectivity index is 1.41. The summed E-state index contributed by atoms with van der Waals surface area (Å²) in [6, 6.07) is 39.5. The molecule has 0 atom stereocenters. The SMILES string of the molecule is Cc1cc2nc(-c3ccccc3)c(-c3ccccc3)nc2c2c1c(-c1ccc(-c3cc(F)c(F)c(F)c3)cc1)nc1ccccc12. The van der Waals surface area contributed by atoms with Crippen LogP contribution in [0.2, 0.25) is 0 Å². The van der Waals surface area contributed by atoms with Gasteiger partial charge in [0.1, 0.15) is 0 Å². The Hall–Kier alpha value is -5.88. The van der Waals surface area contributed by atoms with Crippen LogP contribution in [-0.4, -0.2) is 15.0 Å². The van der Waals surface area contributed by atoms with E-state index in [0.29, 0.717) is 5.56 Å². The smallest absolute Gasteiger partial charge is 0.194 e. The van der Waals surface area contributed by atoms with Gasteiger partial charge in [0.05, 0.1) is 33.6 Å². The average Bonchev–Trinajstić information content (AvgIpc) is 3.10. The van der Waals surface area contributed by atoms with Crippen LogP contribution in [-0.2, 0) is 0 Å². The number of para-hydroxylation sites is 1. The third kappa shape index (κ3) is 4.58. The molecule has 0 aliphatic carbocycles. The van der Waals surface area contributed by atoms with Crippen molar-refractivity contribution in [2.24, 2.45) is 0 Å². The predicted molar refractivity (Wildman–Crippen MR) is 179 cm³/mol. The van der Waals surface area contributed by atoms with Gasteiger partial charge in [0.15, 0.2) is 17.5 Å². The van der Waals surface area contributed by atoms with E-state index >= 15 is 0 Å². The molecule has 6 heteroatoms. The number of fused-ring (bicyclic) bond motifs is 5. The van der Waals surface area contributed by atoms with Crippen molar-refractivity contribution in [2.45, 2.75) is 6.92 Å². The molecule has 3 nitrogen and oxygen atoms in total. The maximum atomic E-state index is 14.0. The van der Waals surface area contributed by atoms with E-state index in [4.69, 9.17) is 15.0 Å². The normalized spacial score (nSPS) is 11.5. The molecule has 2 heterocycles. The number of hydrogen-bond donors (Lipinski definition) is 0. The van der Waals surface area contributed by atoms with Gasteiger partial charge in [-0.25, -0.2) is 28.1 Å². The Morgan fingerprint density at radius 2 is 0.957 bits per heavy atom. The molecule has 46 heavy (non-hydrogen) atoms. The zero-order valence-electron chi connectivity index (χ0n) is 24.6. The molecule has 8 aromatic rings. The first kappa shape index (κ1) is 27.7. The van der Waals surface area contributed by atoms with Crippen LogP contribution in [0.25, 0.3) is 77.6 Å². The lowest BCUT2D eigenvalue weighted by molar-refractivity contribution is 0.448. The molecule has 220 valence electrons. The summed E-state index contributed by atoms with van der Waals surface area (Å²) in [7, 11) is 0. The van der Waals surface area contributed by atoms with Crippen molar-refractivity contribution in [1.29, 1.82) is 0 Å². The Morgan fingerprint density at radius 1 is 0.435 bits per heavy atom. The van der Waals surface area contributed by atoms with E-state index in [0.717, 1.165) is 84.2 Å². The molecule has 0 saturated heterocycles. The van der Waals surface area contributed by atoms with Gasteiger partial charge < -0.3 is 0 Å². The Labute approximate surface area is 262 Å². The average molecular weight is 604 g/mol. The van der Waals surface area contributed by atoms with Gasteiger partial charge in [-0.3, -0.25) is 0 Å². The zero-order valence-corrected chi connectivity index (χ0v) is 24.6. The molecule has 0 fully saturated rings. The highest BCUT2D eigenvalue weighted by Gasteiger charge is 2.20. The Kier molecular flexibility index (Phi) is 6.57. The minimum Gasteiger partial charge on any atom is -0.247 e. The predicted octanol–water partition coefficient (Wildman–Crippen LogP) is 10.7. The number of rotatable bonds is 4. The number of hydrogen-bond acceptors (Lipinski definition) is 3. The quantitative estimate of drug-likeness (QED) is 0.148. The number of halogens is 3. The number of aromatic nitrogens is 3. The number of benzene rings is 6. The van der Waals surface area contributed by atoms with E-state index in [1.807, 2.05) is 91.0 Å². The third-order valence-corrected chi connectivity index (χ3v) is 8.37. The fourth-order valence-corrected chi connectivity index (χ4v) is 6.20. The molecule has 0 bridgehead atoms. The summed E-state index contributed by atoms with van der Waals surface area (Å²) in [4.78, 5) is 15.7. The molecule has 8 rings (SSSR count). The van der Waals surface area contributed by atoms with Crippen LogP contribution >= 0.6 is 0 Å². The lowest BCUT2D eigenvalue weighted by Gasteiger charge is -2.17. The zero-order chi connectivity index (χ0) is 31.4. The summed E-state index contributed by atoms with van der Waals surface area (Å²) >= 11 is 0. The first-order valence-corrected chi connectivity index (χ1v) is 14.9. The van der Waals surface area contributed by atoms with Crippen molar-refractivity contribution in [3.63, 3.8) is 0 Å². The lowest BCUT2D eigenvalue weighted by Crippen LogP contribution is -1.99. The first-order valence-electron chi connectivity index (χ1n) is 14.9. The molecule has 0 saturated carbocycles. The van der Waals surface area contributed by atoms with Crippen LogP contribution in [0, 0.1) is 24.4 Å². The maximum absolute atomic E-state index is 14.0. The van der Waals surface area contributed by atoms with Crippen LogP contribution in [0.4, 0.5) is 13.2 Å². The molecule has 0 aliphatic rings. The molecule has 0 spiro atoms. The monoisotopic (exact) mass is 603 g/mol. The third-order valence-electron chi connectivity index (χ3n) is 8.37. The van der Waals surface area contributed by atoms with E-state index in [2.05, 4.69) is 19.1 Å². The second-order valence-electron chi connectivity index (χ2n) is 11.3. The van der Waals surface area contributed by atoms with Crippen molar-refractivity contribution in [2.75, 3.05) is 0 Å². The van der Waals surface area contributed by atoms with Crippen molar-refractivity contribution >= 4 is 32.7 Å². The molecular weight excluding hydrogens is 579 g/mol. The summed E-state index contributed by atoms with van der Waals surface area (Å²) in [5.74, 6) is -3.94. The molecule has 0 aliphatic heterocycles. The van der Waals surface area contributed by atoms with Gasteiger partial charge in [-0.15, -0.1) is 0 Å². The van der Waals surface area contributed by atoms with Crippen molar-refractivity contribution in [1.82, 2.24) is 15.0 Å². The summed E-state index contributed by atoms with van der Waals surface area (Å²) in [5, 5.41) is 2.86. The fourth-order valence-electron chi connectivity index (χ4n) is 6.20. The molecule has 0 unspecified atom stereocenters. The molecular formula is C40H24F3N3. The number of aryl methyl sites for hydroxylation is 1. The second-order valence-corrected chi connectivity index (χ2v) is 11.3. The Bertz CT molecular complexity index is 2420. The number of nitrogens with zero attached hydrogens (tertiary/aromatic N) is 3. The standard InChI is InChI=1S/C40H24F3N3/c1-23-20-33-40(46-39(26-12-6-3-7-13-26)38(45-33)25-10-4-2-5-11-25)35-29-14-8-9-15-32(29)44-37(34(23)35)27-18-16-24(17-19-27)28-21-30(41)36(43)31(42)22-28/h2-22H,1H3. The fraction of sp³-hybridized carbons (Fsp3) is 0.0250. The molecule has 6 aromatic carbocycles. The molecule has 2 aromatic heterocycles. The van der Waals surface area contributed by atoms with E-state index in [9.17, 15) is 13.2 Å². The van der Waals surface area contributed by atoms with Crippen LogP contribution in [0.15, 0.2) is 127 Å². The van der Waals surface area contributed by atoms with E-state index in [1.54, 1.807) is 12.1 Å². The summed E-state index contributed by atoms with van der Waals surface area (Å²) in [5.41, 5.74) is 9.27. The van der Waals surface area contributed by atoms with Gasteiger partial charge in [0.2, 0.25) is 0 Å². The van der Waals surface area contributed by atoms with E-state index in [-0.39, 0.29) is 5.56 Å². The van der Waals surface area contributed by atoms with Crippen molar-refractivity contribution in [3.05, 3.63) is 150 Å². The Morgan fingerprint density at radius 3 is 1.61 bits per heavy atom. The van der Waals surface area contributed by atoms with Crippen LogP contribution < -0.4 is 0 Å². The molecule has 0 radical (unpaired) electrons. The second kappa shape index (κ2) is 10.9. The van der Waals surface area contributed by atoms with E-state index in [1.165, 1.54) is 0 Å². The van der Waals surface area contributed by atoms with Crippen LogP contribution in [0.3, 0.4) is 0 Å². The van der Waals surface area contributed by atoms with Crippen LogP contribution in [0.1, 0.15) is 5.56 Å². The van der Waals surface area contributed by atoms with Crippen molar-refractivity contribution < 1.29 is 13.2 Å². The lowest BCUT2D eigenvalue weighted by atomic mass is 9.94. The van der Waals surface area contributed by atoms with Gasteiger partial charge in [-0.2, -0.15) is 0 Å². The first-order chi connectivity index (χ1) is 22.5. The summed E-state index contributed by atoms with van der Waals surface area (Å²) < 4.78 is 41.6. The van der Waals surface area contributed by atoms with Gasteiger partial charge in [0.25, 0.3) is 0 Å². The van der Waals surface area contributed by atoms with Crippen LogP contribution in [0.5, 0.6) is 0 Å². The summed E-state index contributed by atoms with van der Waals surface area (Å²) in [6.45, 7) is 2.05. The highest BCUT2D eigenvalue weighted by atomic mass is 19.2. The van der Waals surface area contributed by atoms with Gasteiger partial charge in [0, 0.05) is 32.8 Å².